The number of hydrogen-bond acceptors (Lipinski definition) is 2. The molecule has 0 spiro atoms. The Morgan fingerprint density at radius 2 is 1.82 bits per heavy atom. The van der Waals surface area contributed by atoms with Crippen LogP contribution in [0.15, 0.2) is 36.4 Å². The summed E-state index contributed by atoms with van der Waals surface area (Å²) in [6, 6.07) is 10.3. The van der Waals surface area contributed by atoms with E-state index in [1.807, 2.05) is 6.07 Å². The minimum atomic E-state index is 0.0704. The zero-order chi connectivity index (χ0) is 12.4. The summed E-state index contributed by atoms with van der Waals surface area (Å²) < 4.78 is 4.98. The predicted molar refractivity (Wildman–Crippen MR) is 70.1 cm³/mol. The zero-order valence-corrected chi connectivity index (χ0v) is 10.6. The van der Waals surface area contributed by atoms with Crippen LogP contribution in [0.25, 0.3) is 11.1 Å². The van der Waals surface area contributed by atoms with Gasteiger partial charge in [-0.15, -0.1) is 0 Å². The fourth-order valence-corrected chi connectivity index (χ4v) is 1.98. The molecular weight excluding hydrogens is 259 g/mol. The number of aromatic hydroxyl groups is 1. The summed E-state index contributed by atoms with van der Waals surface area (Å²) in [6.45, 7) is 0. The third-order valence-electron chi connectivity index (χ3n) is 2.42. The SMILES string of the molecule is COc1ccc(-c2cc(Cl)ccc2Cl)cc1O. The first-order valence-electron chi connectivity index (χ1n) is 4.94. The Balaban J connectivity index is 2.53. The molecule has 2 rings (SSSR count). The van der Waals surface area contributed by atoms with Crippen molar-refractivity contribution in [2.45, 2.75) is 0 Å². The molecule has 1 N–H and O–H groups in total. The number of phenols is 1. The van der Waals surface area contributed by atoms with E-state index in [9.17, 15) is 5.11 Å². The summed E-state index contributed by atoms with van der Waals surface area (Å²) in [7, 11) is 1.50. The number of methoxy groups -OCH3 is 1. The Bertz CT molecular complexity index is 553. The maximum absolute atomic E-state index is 9.71. The van der Waals surface area contributed by atoms with Gasteiger partial charge in [0.1, 0.15) is 0 Å². The van der Waals surface area contributed by atoms with Gasteiger partial charge in [0.05, 0.1) is 7.11 Å². The highest BCUT2D eigenvalue weighted by Crippen LogP contribution is 2.35. The second-order valence-electron chi connectivity index (χ2n) is 3.51. The van der Waals surface area contributed by atoms with Crippen LogP contribution in [0.1, 0.15) is 0 Å². The standard InChI is InChI=1S/C13H10Cl2O2/c1-17-13-5-2-8(6-12(13)16)10-7-9(14)3-4-11(10)15/h2-7,16H,1H3. The third kappa shape index (κ3) is 2.48. The van der Waals surface area contributed by atoms with Crippen molar-refractivity contribution in [2.24, 2.45) is 0 Å². The molecule has 0 heterocycles. The van der Waals surface area contributed by atoms with Crippen LogP contribution < -0.4 is 4.74 Å². The van der Waals surface area contributed by atoms with E-state index in [0.29, 0.717) is 15.8 Å². The molecule has 2 aromatic rings. The Morgan fingerprint density at radius 1 is 1.06 bits per heavy atom. The molecule has 0 fully saturated rings. The lowest BCUT2D eigenvalue weighted by molar-refractivity contribution is 0.373. The molecule has 0 aliphatic heterocycles. The molecule has 0 bridgehead atoms. The number of phenolic OH excluding ortho intramolecular Hbond substituents is 1. The molecule has 0 aliphatic carbocycles. The van der Waals surface area contributed by atoms with Crippen LogP contribution in [-0.2, 0) is 0 Å². The molecule has 0 aromatic heterocycles. The first kappa shape index (κ1) is 12.1. The van der Waals surface area contributed by atoms with Gasteiger partial charge in [-0.05, 0) is 35.9 Å². The van der Waals surface area contributed by atoms with E-state index in [0.717, 1.165) is 11.1 Å². The van der Waals surface area contributed by atoms with Crippen molar-refractivity contribution in [3.63, 3.8) is 0 Å². The van der Waals surface area contributed by atoms with Gasteiger partial charge in [-0.25, -0.2) is 0 Å². The van der Waals surface area contributed by atoms with Gasteiger partial charge in [-0.1, -0.05) is 29.3 Å². The Labute approximate surface area is 109 Å². The van der Waals surface area contributed by atoms with Crippen LogP contribution in [0.3, 0.4) is 0 Å². The van der Waals surface area contributed by atoms with Gasteiger partial charge in [-0.2, -0.15) is 0 Å². The minimum absolute atomic E-state index is 0.0704. The molecule has 0 radical (unpaired) electrons. The first-order chi connectivity index (χ1) is 8.11. The Morgan fingerprint density at radius 3 is 2.47 bits per heavy atom. The predicted octanol–water partition coefficient (Wildman–Crippen LogP) is 4.37. The van der Waals surface area contributed by atoms with Crippen molar-refractivity contribution in [2.75, 3.05) is 7.11 Å². The van der Waals surface area contributed by atoms with Gasteiger partial charge in [0, 0.05) is 15.6 Å². The fourth-order valence-electron chi connectivity index (χ4n) is 1.58. The van der Waals surface area contributed by atoms with Crippen molar-refractivity contribution >= 4 is 23.2 Å². The lowest BCUT2D eigenvalue weighted by Gasteiger charge is -2.08. The van der Waals surface area contributed by atoms with E-state index in [2.05, 4.69) is 0 Å². The second-order valence-corrected chi connectivity index (χ2v) is 4.35. The number of ether oxygens (including phenoxy) is 1. The van der Waals surface area contributed by atoms with Crippen LogP contribution in [0.2, 0.25) is 10.0 Å². The highest BCUT2D eigenvalue weighted by Gasteiger charge is 2.08. The molecule has 17 heavy (non-hydrogen) atoms. The van der Waals surface area contributed by atoms with Crippen LogP contribution in [-0.4, -0.2) is 12.2 Å². The van der Waals surface area contributed by atoms with Crippen LogP contribution in [0.5, 0.6) is 11.5 Å². The van der Waals surface area contributed by atoms with Gasteiger partial charge in [-0.3, -0.25) is 0 Å². The lowest BCUT2D eigenvalue weighted by Crippen LogP contribution is -1.85. The molecule has 0 saturated carbocycles. The van der Waals surface area contributed by atoms with E-state index in [4.69, 9.17) is 27.9 Å². The van der Waals surface area contributed by atoms with Gasteiger partial charge >= 0.3 is 0 Å². The lowest BCUT2D eigenvalue weighted by atomic mass is 10.1. The van der Waals surface area contributed by atoms with Gasteiger partial charge in [0.2, 0.25) is 0 Å². The van der Waals surface area contributed by atoms with E-state index in [-0.39, 0.29) is 5.75 Å². The summed E-state index contributed by atoms with van der Waals surface area (Å²) in [5.41, 5.74) is 1.56. The molecular formula is C13H10Cl2O2. The van der Waals surface area contributed by atoms with Crippen molar-refractivity contribution in [1.29, 1.82) is 0 Å². The average molecular weight is 269 g/mol. The number of benzene rings is 2. The number of hydrogen-bond donors (Lipinski definition) is 1. The number of rotatable bonds is 2. The van der Waals surface area contributed by atoms with Crippen LogP contribution in [0, 0.1) is 0 Å². The molecule has 0 amide bonds. The van der Waals surface area contributed by atoms with Crippen LogP contribution in [0.4, 0.5) is 0 Å². The fraction of sp³-hybridized carbons (Fsp3) is 0.0769. The molecule has 88 valence electrons. The van der Waals surface area contributed by atoms with Gasteiger partial charge in [0.25, 0.3) is 0 Å². The summed E-state index contributed by atoms with van der Waals surface area (Å²) in [5, 5.41) is 10.9. The highest BCUT2D eigenvalue weighted by molar-refractivity contribution is 6.35. The summed E-state index contributed by atoms with van der Waals surface area (Å²) >= 11 is 12.0. The Hall–Kier alpha value is -1.38. The van der Waals surface area contributed by atoms with E-state index < -0.39 is 0 Å². The molecule has 2 aromatic carbocycles. The molecule has 4 heteroatoms. The largest absolute Gasteiger partial charge is 0.504 e. The quantitative estimate of drug-likeness (QED) is 0.876. The summed E-state index contributed by atoms with van der Waals surface area (Å²) in [5.74, 6) is 0.493. The summed E-state index contributed by atoms with van der Waals surface area (Å²) in [4.78, 5) is 0. The summed E-state index contributed by atoms with van der Waals surface area (Å²) in [6.07, 6.45) is 0. The van der Waals surface area contributed by atoms with Crippen molar-refractivity contribution < 1.29 is 9.84 Å². The molecule has 0 aliphatic rings. The number of halogens is 2. The van der Waals surface area contributed by atoms with Crippen LogP contribution >= 0.6 is 23.2 Å². The van der Waals surface area contributed by atoms with Gasteiger partial charge in [0.15, 0.2) is 11.5 Å². The van der Waals surface area contributed by atoms with E-state index in [1.54, 1.807) is 30.3 Å². The van der Waals surface area contributed by atoms with Gasteiger partial charge < -0.3 is 9.84 Å². The second kappa shape index (κ2) is 4.86. The first-order valence-corrected chi connectivity index (χ1v) is 5.70. The van der Waals surface area contributed by atoms with E-state index >= 15 is 0 Å². The monoisotopic (exact) mass is 268 g/mol. The maximum atomic E-state index is 9.71. The maximum Gasteiger partial charge on any atom is 0.160 e. The molecule has 2 nitrogen and oxygen atoms in total. The molecule has 0 saturated heterocycles. The normalized spacial score (nSPS) is 10.3. The van der Waals surface area contributed by atoms with Crippen molar-refractivity contribution in [3.8, 4) is 22.6 Å². The Kier molecular flexibility index (Phi) is 3.46. The third-order valence-corrected chi connectivity index (χ3v) is 2.98. The topological polar surface area (TPSA) is 29.5 Å². The highest BCUT2D eigenvalue weighted by atomic mass is 35.5. The van der Waals surface area contributed by atoms with E-state index in [1.165, 1.54) is 7.11 Å². The minimum Gasteiger partial charge on any atom is -0.504 e. The van der Waals surface area contributed by atoms with Crippen molar-refractivity contribution in [1.82, 2.24) is 0 Å². The average Bonchev–Trinajstić information content (AvgIpc) is 2.32. The molecule has 0 unspecified atom stereocenters. The molecule has 0 atom stereocenters. The van der Waals surface area contributed by atoms with Crippen molar-refractivity contribution in [3.05, 3.63) is 46.4 Å². The zero-order valence-electron chi connectivity index (χ0n) is 9.08. The smallest absolute Gasteiger partial charge is 0.160 e.